The van der Waals surface area contributed by atoms with E-state index in [0.717, 1.165) is 27.5 Å². The number of aromatic nitrogens is 1. The van der Waals surface area contributed by atoms with Crippen LogP contribution in [-0.4, -0.2) is 53.1 Å². The lowest BCUT2D eigenvalue weighted by molar-refractivity contribution is 0.324. The number of hydrogen-bond donors (Lipinski definition) is 0. The van der Waals surface area contributed by atoms with Gasteiger partial charge in [0.2, 0.25) is 5.75 Å². The third kappa shape index (κ3) is 6.57. The van der Waals surface area contributed by atoms with Crippen molar-refractivity contribution in [1.82, 2.24) is 4.98 Å². The van der Waals surface area contributed by atoms with Gasteiger partial charge in [-0.15, -0.1) is 11.3 Å². The summed E-state index contributed by atoms with van der Waals surface area (Å²) in [4.78, 5) is 7.72. The van der Waals surface area contributed by atoms with Gasteiger partial charge in [-0.2, -0.15) is 0 Å². The topological polar surface area (TPSA) is 78.0 Å². The van der Waals surface area contributed by atoms with Crippen LogP contribution in [0.4, 0.5) is 5.13 Å². The van der Waals surface area contributed by atoms with Gasteiger partial charge in [0.15, 0.2) is 26.5 Å². The maximum absolute atomic E-state index is 14.3. The lowest BCUT2D eigenvalue weighted by Crippen LogP contribution is -2.40. The van der Waals surface area contributed by atoms with E-state index in [1.54, 1.807) is 32.7 Å². The molecule has 1 aliphatic rings. The SMILES string of the molecule is COc1cc(Cc2csc(N3CCC(S(=O)(=O)c4c(C(C)C)cc(C(C)C)cc4C(C)C)CC3)n2)cc(OC)c1OC. The molecule has 1 aromatic heterocycles. The van der Waals surface area contributed by atoms with Crippen molar-refractivity contribution in [3.05, 3.63) is 57.6 Å². The van der Waals surface area contributed by atoms with Gasteiger partial charge in [-0.05, 0) is 65.0 Å². The van der Waals surface area contributed by atoms with Gasteiger partial charge in [0.05, 0.1) is 37.2 Å². The van der Waals surface area contributed by atoms with Crippen molar-refractivity contribution in [3.8, 4) is 17.2 Å². The average molecular weight is 615 g/mol. The Morgan fingerprint density at radius 3 is 1.86 bits per heavy atom. The molecule has 2 aromatic carbocycles. The Hall–Kier alpha value is -2.78. The van der Waals surface area contributed by atoms with E-state index < -0.39 is 15.1 Å². The van der Waals surface area contributed by atoms with Crippen molar-refractivity contribution < 1.29 is 22.6 Å². The molecule has 9 heteroatoms. The molecule has 4 rings (SSSR count). The molecular formula is C33H46N2O5S2. The van der Waals surface area contributed by atoms with E-state index in [1.807, 2.05) is 12.1 Å². The number of benzene rings is 2. The van der Waals surface area contributed by atoms with Crippen LogP contribution in [0, 0.1) is 0 Å². The monoisotopic (exact) mass is 614 g/mol. The lowest BCUT2D eigenvalue weighted by atomic mass is 9.89. The second-order valence-electron chi connectivity index (χ2n) is 12.1. The Labute approximate surface area is 256 Å². The molecule has 0 unspecified atom stereocenters. The number of thiazole rings is 1. The summed E-state index contributed by atoms with van der Waals surface area (Å²) in [6.07, 6.45) is 1.80. The van der Waals surface area contributed by atoms with Gasteiger partial charge < -0.3 is 19.1 Å². The van der Waals surface area contributed by atoms with Crippen molar-refractivity contribution >= 4 is 26.3 Å². The number of piperidine rings is 1. The number of methoxy groups -OCH3 is 3. The van der Waals surface area contributed by atoms with Crippen LogP contribution < -0.4 is 19.1 Å². The van der Waals surface area contributed by atoms with E-state index in [9.17, 15) is 8.42 Å². The van der Waals surface area contributed by atoms with Gasteiger partial charge in [-0.1, -0.05) is 53.7 Å². The van der Waals surface area contributed by atoms with Crippen LogP contribution in [0.5, 0.6) is 17.2 Å². The number of hydrogen-bond acceptors (Lipinski definition) is 8. The second kappa shape index (κ2) is 13.2. The fourth-order valence-electron chi connectivity index (χ4n) is 5.71. The first kappa shape index (κ1) is 32.1. The zero-order valence-corrected chi connectivity index (χ0v) is 28.1. The highest BCUT2D eigenvalue weighted by molar-refractivity contribution is 7.92. The normalized spacial score (nSPS) is 14.7. The maximum atomic E-state index is 14.3. The fraction of sp³-hybridized carbons (Fsp3) is 0.545. The highest BCUT2D eigenvalue weighted by atomic mass is 32.2. The van der Waals surface area contributed by atoms with Gasteiger partial charge in [0, 0.05) is 24.9 Å². The first-order valence-corrected chi connectivity index (χ1v) is 17.2. The molecule has 7 nitrogen and oxygen atoms in total. The Kier molecular flexibility index (Phi) is 10.1. The van der Waals surface area contributed by atoms with Crippen molar-refractivity contribution in [2.75, 3.05) is 39.3 Å². The molecular weight excluding hydrogens is 569 g/mol. The third-order valence-electron chi connectivity index (χ3n) is 8.16. The summed E-state index contributed by atoms with van der Waals surface area (Å²) in [7, 11) is 1.32. The van der Waals surface area contributed by atoms with Crippen LogP contribution in [0.1, 0.15) is 100 Å². The number of ether oxygens (including phenoxy) is 3. The van der Waals surface area contributed by atoms with Crippen LogP contribution >= 0.6 is 11.3 Å². The van der Waals surface area contributed by atoms with Gasteiger partial charge in [-0.3, -0.25) is 0 Å². The van der Waals surface area contributed by atoms with Crippen LogP contribution in [0.25, 0.3) is 0 Å². The summed E-state index contributed by atoms with van der Waals surface area (Å²) in [6.45, 7) is 14.1. The molecule has 230 valence electrons. The molecule has 0 aliphatic carbocycles. The number of rotatable bonds is 11. The van der Waals surface area contributed by atoms with Crippen LogP contribution in [0.2, 0.25) is 0 Å². The summed E-state index contributed by atoms with van der Waals surface area (Å²) in [5.41, 5.74) is 5.10. The molecule has 2 heterocycles. The van der Waals surface area contributed by atoms with E-state index in [0.29, 0.717) is 60.4 Å². The van der Waals surface area contributed by atoms with Gasteiger partial charge in [0.1, 0.15) is 0 Å². The van der Waals surface area contributed by atoms with Crippen molar-refractivity contribution in [2.24, 2.45) is 0 Å². The van der Waals surface area contributed by atoms with Crippen LogP contribution in [0.3, 0.4) is 0 Å². The minimum absolute atomic E-state index is 0.130. The molecule has 0 N–H and O–H groups in total. The number of sulfone groups is 1. The summed E-state index contributed by atoms with van der Waals surface area (Å²) >= 11 is 1.60. The smallest absolute Gasteiger partial charge is 0.203 e. The first-order valence-electron chi connectivity index (χ1n) is 14.8. The quantitative estimate of drug-likeness (QED) is 0.220. The van der Waals surface area contributed by atoms with E-state index in [-0.39, 0.29) is 11.8 Å². The standard InChI is InChI=1S/C33H46N2O5S2/c1-20(2)24-17-27(21(3)4)32(28(18-24)22(5)6)42(36,37)26-10-12-35(13-11-26)33-34-25(19-41-33)14-23-15-29(38-7)31(40-9)30(16-23)39-8/h15-22,26H,10-14H2,1-9H3. The van der Waals surface area contributed by atoms with Crippen molar-refractivity contribution in [1.29, 1.82) is 0 Å². The molecule has 0 radical (unpaired) electrons. The molecule has 0 atom stereocenters. The molecule has 0 amide bonds. The van der Waals surface area contributed by atoms with Crippen molar-refractivity contribution in [2.45, 2.75) is 88.7 Å². The van der Waals surface area contributed by atoms with Gasteiger partial charge >= 0.3 is 0 Å². The van der Waals surface area contributed by atoms with E-state index in [1.165, 1.54) is 5.56 Å². The van der Waals surface area contributed by atoms with Gasteiger partial charge in [0.25, 0.3) is 0 Å². The Morgan fingerprint density at radius 1 is 0.857 bits per heavy atom. The molecule has 1 saturated heterocycles. The highest BCUT2D eigenvalue weighted by Gasteiger charge is 2.36. The number of nitrogens with zero attached hydrogens (tertiary/aromatic N) is 2. The maximum Gasteiger partial charge on any atom is 0.203 e. The summed E-state index contributed by atoms with van der Waals surface area (Å²) in [5, 5.41) is 2.61. The van der Waals surface area contributed by atoms with Gasteiger partial charge in [-0.25, -0.2) is 13.4 Å². The summed E-state index contributed by atoms with van der Waals surface area (Å²) < 4.78 is 45.0. The zero-order chi connectivity index (χ0) is 30.8. The van der Waals surface area contributed by atoms with Crippen LogP contribution in [0.15, 0.2) is 34.5 Å². The molecule has 0 spiro atoms. The predicted octanol–water partition coefficient (Wildman–Crippen LogP) is 7.57. The van der Waals surface area contributed by atoms with E-state index in [4.69, 9.17) is 19.2 Å². The van der Waals surface area contributed by atoms with Crippen LogP contribution in [-0.2, 0) is 16.3 Å². The minimum atomic E-state index is -3.49. The zero-order valence-electron chi connectivity index (χ0n) is 26.5. The van der Waals surface area contributed by atoms with E-state index >= 15 is 0 Å². The largest absolute Gasteiger partial charge is 0.493 e. The Balaban J connectivity index is 1.52. The third-order valence-corrected chi connectivity index (χ3v) is 11.5. The fourth-order valence-corrected chi connectivity index (χ4v) is 9.00. The average Bonchev–Trinajstić information content (AvgIpc) is 3.44. The van der Waals surface area contributed by atoms with E-state index in [2.05, 4.69) is 64.0 Å². The lowest BCUT2D eigenvalue weighted by Gasteiger charge is -2.33. The molecule has 0 saturated carbocycles. The minimum Gasteiger partial charge on any atom is -0.493 e. The van der Waals surface area contributed by atoms with Crippen molar-refractivity contribution in [3.63, 3.8) is 0 Å². The molecule has 1 aliphatic heterocycles. The predicted molar refractivity (Wildman–Crippen MR) is 172 cm³/mol. The first-order chi connectivity index (χ1) is 19.9. The highest BCUT2D eigenvalue weighted by Crippen LogP contribution is 2.40. The Bertz CT molecular complexity index is 1430. The molecule has 3 aromatic rings. The number of anilines is 1. The summed E-state index contributed by atoms with van der Waals surface area (Å²) in [5.74, 6) is 2.40. The Morgan fingerprint density at radius 2 is 1.40 bits per heavy atom. The molecule has 0 bridgehead atoms. The second-order valence-corrected chi connectivity index (χ2v) is 15.1. The molecule has 42 heavy (non-hydrogen) atoms. The molecule has 1 fully saturated rings. The summed E-state index contributed by atoms with van der Waals surface area (Å²) in [6, 6.07) is 8.16.